The number of benzene rings is 1. The van der Waals surface area contributed by atoms with E-state index in [2.05, 4.69) is 131 Å². The second-order valence-electron chi connectivity index (χ2n) is 14.1. The third-order valence-electron chi connectivity index (χ3n) is 10.2. The Labute approximate surface area is 349 Å². The molecule has 8 bridgehead atoms. The average Bonchev–Trinajstić information content (AvgIpc) is 4.02. The Morgan fingerprint density at radius 1 is 0.643 bits per heavy atom. The molecule has 0 radical (unpaired) electrons. The van der Waals surface area contributed by atoms with Crippen LogP contribution >= 0.6 is 45.2 Å². The van der Waals surface area contributed by atoms with Crippen LogP contribution in [-0.2, 0) is 3.42 Å². The first-order valence-corrected chi connectivity index (χ1v) is 20.1. The first-order chi connectivity index (χ1) is 27.0. The monoisotopic (exact) mass is 957 g/mol. The lowest BCUT2D eigenvalue weighted by atomic mass is 9.88. The number of allylic oxidation sites excluding steroid dienone is 4. The van der Waals surface area contributed by atoms with Gasteiger partial charge in [0.2, 0.25) is 0 Å². The molecule has 3 aliphatic rings. The van der Waals surface area contributed by atoms with E-state index in [4.69, 9.17) is 24.9 Å². The van der Waals surface area contributed by atoms with Crippen LogP contribution in [0.4, 0.5) is 0 Å². The number of H-pyrrole nitrogens is 2. The zero-order valence-corrected chi connectivity index (χ0v) is 34.8. The van der Waals surface area contributed by atoms with Crippen molar-refractivity contribution in [1.29, 1.82) is 0 Å². The molecule has 6 aromatic rings. The molecule has 5 aromatic heterocycles. The highest BCUT2D eigenvalue weighted by atomic mass is 127. The van der Waals surface area contributed by atoms with Crippen molar-refractivity contribution < 1.29 is 9.90 Å². The molecular weight excluding hydrogens is 924 g/mol. The summed E-state index contributed by atoms with van der Waals surface area (Å²) >= 11 is 4.93. The summed E-state index contributed by atoms with van der Waals surface area (Å²) in [5, 5.41) is 11.5. The van der Waals surface area contributed by atoms with Gasteiger partial charge >= 0.3 is 5.97 Å². The number of aromatic carboxylic acids is 1. The van der Waals surface area contributed by atoms with E-state index in [9.17, 15) is 9.90 Å². The zero-order valence-electron chi connectivity index (χ0n) is 30.5. The predicted octanol–water partition coefficient (Wildman–Crippen LogP) is 7.85. The number of alkyl halides is 2. The average molecular weight is 958 g/mol. The van der Waals surface area contributed by atoms with E-state index >= 15 is 0 Å². The van der Waals surface area contributed by atoms with Crippen LogP contribution in [0, 0.1) is 20.8 Å². The summed E-state index contributed by atoms with van der Waals surface area (Å²) in [5.74, 6) is -0.982. The first kappa shape index (κ1) is 36.1. The SMILES string of the molecule is Cc1ccnc(C2=C3C=CC(=N3)C(c3cc(C)ccn3)=c3ccc([nH]3)=C(c3cc(C)ccn3)c3ccc([nH]3)C(I)(c3ccc(C(=O)O)cc3)C3(I)C=CC2=N3)c1. The lowest BCUT2D eigenvalue weighted by Gasteiger charge is -2.38. The van der Waals surface area contributed by atoms with Gasteiger partial charge in [0, 0.05) is 41.1 Å². The molecule has 0 spiro atoms. The number of carboxylic acids is 1. The van der Waals surface area contributed by atoms with Crippen molar-refractivity contribution >= 4 is 79.3 Å². The minimum Gasteiger partial charge on any atom is -0.478 e. The summed E-state index contributed by atoms with van der Waals surface area (Å²) in [6.45, 7) is 6.17. The molecule has 56 heavy (non-hydrogen) atoms. The van der Waals surface area contributed by atoms with Crippen molar-refractivity contribution in [2.24, 2.45) is 9.98 Å². The standard InChI is InChI=1S/C45H33I2N7O2/c1-25-15-19-48-36(22-25)40-30-8-9-32(51-30)41(37-23-26(2)16-20-49-37)34-12-13-39(53-34)45(47,29-6-4-28(5-7-29)43(55)56)44(46)18-14-35(54-44)42(33-11-10-31(40)52-33)38-24-27(3)17-21-50-38/h4-24,51,53H,1-3H3,(H,55,56). The van der Waals surface area contributed by atoms with Crippen molar-refractivity contribution in [2.45, 2.75) is 27.7 Å². The predicted molar refractivity (Wildman–Crippen MR) is 237 cm³/mol. The number of halogens is 2. The van der Waals surface area contributed by atoms with Gasteiger partial charge in [-0.15, -0.1) is 0 Å². The fraction of sp³-hybridized carbons (Fsp3) is 0.111. The molecule has 9 rings (SSSR count). The summed E-state index contributed by atoms with van der Waals surface area (Å²) in [6.07, 6.45) is 13.7. The van der Waals surface area contributed by atoms with Crippen LogP contribution < -0.4 is 10.7 Å². The molecule has 2 atom stereocenters. The Hall–Kier alpha value is -5.54. The number of aryl methyl sites for hydroxylation is 3. The van der Waals surface area contributed by atoms with Gasteiger partial charge in [0.25, 0.3) is 0 Å². The Morgan fingerprint density at radius 3 is 1.84 bits per heavy atom. The second-order valence-corrected chi connectivity index (χ2v) is 17.4. The molecule has 0 fully saturated rings. The van der Waals surface area contributed by atoms with E-state index in [1.165, 1.54) is 0 Å². The van der Waals surface area contributed by atoms with E-state index < -0.39 is 12.9 Å². The van der Waals surface area contributed by atoms with E-state index in [1.54, 1.807) is 12.1 Å². The third-order valence-corrected chi connectivity index (χ3v) is 14.7. The number of hydrogen-bond acceptors (Lipinski definition) is 6. The smallest absolute Gasteiger partial charge is 0.335 e. The fourth-order valence-corrected chi connectivity index (χ4v) is 9.49. The molecular formula is C45H33I2N7O2. The molecule has 1 aromatic carbocycles. The molecule has 9 nitrogen and oxygen atoms in total. The molecule has 3 N–H and O–H groups in total. The summed E-state index contributed by atoms with van der Waals surface area (Å²) in [6, 6.07) is 27.6. The Morgan fingerprint density at radius 2 is 1.23 bits per heavy atom. The van der Waals surface area contributed by atoms with Crippen LogP contribution in [-0.4, -0.2) is 51.0 Å². The maximum absolute atomic E-state index is 12.0. The number of nitrogens with one attached hydrogen (secondary N) is 2. The van der Waals surface area contributed by atoms with Gasteiger partial charge in [0.05, 0.1) is 56.0 Å². The number of nitrogens with zero attached hydrogens (tertiary/aromatic N) is 5. The van der Waals surface area contributed by atoms with Gasteiger partial charge in [-0.2, -0.15) is 0 Å². The van der Waals surface area contributed by atoms with Gasteiger partial charge in [-0.05, 0) is 163 Å². The second kappa shape index (κ2) is 13.9. The summed E-state index contributed by atoms with van der Waals surface area (Å²) in [4.78, 5) is 45.0. The van der Waals surface area contributed by atoms with Crippen LogP contribution in [0.1, 0.15) is 61.1 Å². The van der Waals surface area contributed by atoms with Crippen LogP contribution in [0.25, 0.3) is 16.7 Å². The number of carboxylic acid groups (broad SMARTS) is 1. The molecule has 0 saturated heterocycles. The fourth-order valence-electron chi connectivity index (χ4n) is 7.47. The van der Waals surface area contributed by atoms with Crippen molar-refractivity contribution in [3.8, 4) is 0 Å². The normalized spacial score (nSPS) is 20.1. The number of aromatic amines is 2. The lowest BCUT2D eigenvalue weighted by molar-refractivity contribution is 0.0697. The van der Waals surface area contributed by atoms with Crippen molar-refractivity contribution in [2.75, 3.05) is 0 Å². The number of aromatic nitrogens is 5. The molecule has 3 aliphatic heterocycles. The number of aliphatic imine (C=N–C) groups is 2. The van der Waals surface area contributed by atoms with Gasteiger partial charge in [-0.3, -0.25) is 19.9 Å². The quantitative estimate of drug-likeness (QED) is 0.0921. The van der Waals surface area contributed by atoms with E-state index in [1.807, 2.05) is 61.1 Å². The van der Waals surface area contributed by atoms with Gasteiger partial charge in [-0.1, -0.05) is 34.7 Å². The number of pyridine rings is 3. The number of rotatable bonds is 5. The molecule has 2 unspecified atom stereocenters. The Kier molecular flexibility index (Phi) is 8.96. The van der Waals surface area contributed by atoms with E-state index in [0.717, 1.165) is 95.3 Å². The number of hydrogen-bond donors (Lipinski definition) is 3. The molecule has 0 aliphatic carbocycles. The summed E-state index contributed by atoms with van der Waals surface area (Å²) in [5.41, 5.74) is 13.2. The van der Waals surface area contributed by atoms with Crippen LogP contribution in [0.2, 0.25) is 0 Å². The molecule has 11 heteroatoms. The summed E-state index contributed by atoms with van der Waals surface area (Å²) in [7, 11) is 0. The van der Waals surface area contributed by atoms with Gasteiger partial charge < -0.3 is 15.1 Å². The maximum atomic E-state index is 12.0. The number of carbonyl (C=O) groups is 1. The largest absolute Gasteiger partial charge is 0.478 e. The minimum atomic E-state index is -0.982. The van der Waals surface area contributed by atoms with Gasteiger partial charge in [-0.25, -0.2) is 9.79 Å². The highest BCUT2D eigenvalue weighted by molar-refractivity contribution is 14.1. The van der Waals surface area contributed by atoms with Gasteiger partial charge in [0.15, 0.2) is 3.55 Å². The van der Waals surface area contributed by atoms with Gasteiger partial charge in [0.1, 0.15) is 3.42 Å². The maximum Gasteiger partial charge on any atom is 0.335 e. The topological polar surface area (TPSA) is 132 Å². The molecule has 274 valence electrons. The lowest BCUT2D eigenvalue weighted by Crippen LogP contribution is -2.40. The molecule has 0 amide bonds. The highest BCUT2D eigenvalue weighted by Gasteiger charge is 2.52. The van der Waals surface area contributed by atoms with E-state index in [0.29, 0.717) is 0 Å². The Balaban J connectivity index is 1.42. The van der Waals surface area contributed by atoms with Crippen LogP contribution in [0.3, 0.4) is 0 Å². The summed E-state index contributed by atoms with van der Waals surface area (Å²) < 4.78 is -1.74. The van der Waals surface area contributed by atoms with Crippen LogP contribution in [0.5, 0.6) is 0 Å². The first-order valence-electron chi connectivity index (χ1n) is 18.0. The minimum absolute atomic E-state index is 0.211. The van der Waals surface area contributed by atoms with Crippen molar-refractivity contribution in [3.05, 3.63) is 201 Å². The number of fused-ring (bicyclic) bond motifs is 6. The molecule has 0 saturated carbocycles. The molecule has 8 heterocycles. The highest BCUT2D eigenvalue weighted by Crippen LogP contribution is 2.56. The van der Waals surface area contributed by atoms with Crippen molar-refractivity contribution in [1.82, 2.24) is 24.9 Å². The third kappa shape index (κ3) is 6.13. The van der Waals surface area contributed by atoms with E-state index in [-0.39, 0.29) is 5.56 Å². The van der Waals surface area contributed by atoms with Crippen molar-refractivity contribution in [3.63, 3.8) is 0 Å². The Bertz CT molecular complexity index is 2910. The zero-order chi connectivity index (χ0) is 38.8. The van der Waals surface area contributed by atoms with Crippen LogP contribution in [0.15, 0.2) is 144 Å².